The maximum Gasteiger partial charge on any atom is 0.344 e. The molecule has 0 aliphatic carbocycles. The van der Waals surface area contributed by atoms with Gasteiger partial charge in [0.05, 0.1) is 0 Å². The van der Waals surface area contributed by atoms with E-state index in [-0.39, 0.29) is 8.42 Å². The molecule has 0 radical (unpaired) electrons. The predicted molar refractivity (Wildman–Crippen MR) is 38.4 cm³/mol. The monoisotopic (exact) mass is 262 g/mol. The lowest BCUT2D eigenvalue weighted by Gasteiger charge is -1.86. The van der Waals surface area contributed by atoms with Crippen LogP contribution in [0.15, 0.2) is 8.42 Å². The summed E-state index contributed by atoms with van der Waals surface area (Å²) in [6, 6.07) is 0. The average Bonchev–Trinajstić information content (AvgIpc) is 1.64. The quantitative estimate of drug-likeness (QED) is 0.738. The van der Waals surface area contributed by atoms with E-state index in [4.69, 9.17) is 16.7 Å². The molecule has 2 nitrogen and oxygen atoms in total. The number of carboxylic acid groups (broad SMARTS) is 1. The summed E-state index contributed by atoms with van der Waals surface area (Å²) in [5.74, 6) is -1.09. The van der Waals surface area contributed by atoms with E-state index in [0.717, 1.165) is 0 Å². The Morgan fingerprint density at radius 3 is 1.88 bits per heavy atom. The first-order valence-electron chi connectivity index (χ1n) is 1.49. The van der Waals surface area contributed by atoms with E-state index >= 15 is 0 Å². The normalized spacial score (nSPS) is 12.9. The molecule has 0 aromatic carbocycles. The molecule has 0 aliphatic heterocycles. The van der Waals surface area contributed by atoms with Crippen molar-refractivity contribution in [2.45, 2.75) is 0 Å². The van der Waals surface area contributed by atoms with Crippen molar-refractivity contribution in [2.75, 3.05) is 0 Å². The first-order valence-corrected chi connectivity index (χ1v) is 3.46. The number of halogens is 3. The van der Waals surface area contributed by atoms with Crippen molar-refractivity contribution in [1.82, 2.24) is 0 Å². The van der Waals surface area contributed by atoms with Crippen LogP contribution in [-0.2, 0) is 4.79 Å². The fraction of sp³-hybridized carbons (Fsp3) is 0. The first kappa shape index (κ1) is 8.46. The van der Waals surface area contributed by atoms with Gasteiger partial charge in [-0.1, -0.05) is 11.6 Å². The van der Waals surface area contributed by atoms with Gasteiger partial charge in [0.1, 0.15) is 8.42 Å². The molecule has 0 unspecified atom stereocenters. The lowest BCUT2D eigenvalue weighted by Crippen LogP contribution is -1.92. The molecule has 46 valence electrons. The van der Waals surface area contributed by atoms with E-state index in [2.05, 4.69) is 31.9 Å². The average molecular weight is 264 g/mol. The van der Waals surface area contributed by atoms with Gasteiger partial charge in [-0.3, -0.25) is 0 Å². The van der Waals surface area contributed by atoms with Crippen molar-refractivity contribution in [3.05, 3.63) is 8.42 Å². The van der Waals surface area contributed by atoms with Crippen molar-refractivity contribution in [1.29, 1.82) is 0 Å². The predicted octanol–water partition coefficient (Wildman–Crippen LogP) is 2.27. The van der Waals surface area contributed by atoms with E-state index in [1.165, 1.54) is 0 Å². The minimum absolute atomic E-state index is 0.0602. The van der Waals surface area contributed by atoms with Gasteiger partial charge in [0, 0.05) is 0 Å². The highest BCUT2D eigenvalue weighted by Gasteiger charge is 2.04. The van der Waals surface area contributed by atoms with E-state index in [9.17, 15) is 4.79 Å². The summed E-state index contributed by atoms with van der Waals surface area (Å²) >= 11 is 10.7. The standard InChI is InChI=1S/C3HBr2ClO2/c4-1(2(5)6)3(7)8/h(H,7,8). The van der Waals surface area contributed by atoms with Crippen LogP contribution in [0.1, 0.15) is 0 Å². The van der Waals surface area contributed by atoms with Crippen LogP contribution in [-0.4, -0.2) is 11.1 Å². The van der Waals surface area contributed by atoms with E-state index in [0.29, 0.717) is 0 Å². The second-order valence-electron chi connectivity index (χ2n) is 0.880. The maximum atomic E-state index is 9.92. The van der Waals surface area contributed by atoms with Gasteiger partial charge >= 0.3 is 5.97 Å². The summed E-state index contributed by atoms with van der Waals surface area (Å²) < 4.78 is -0.0100. The molecule has 0 amide bonds. The van der Waals surface area contributed by atoms with Gasteiger partial charge in [-0.05, 0) is 31.9 Å². The van der Waals surface area contributed by atoms with Crippen LogP contribution in [0.5, 0.6) is 0 Å². The largest absolute Gasteiger partial charge is 0.477 e. The zero-order valence-corrected chi connectivity index (χ0v) is 7.42. The number of aliphatic carboxylic acids is 1. The van der Waals surface area contributed by atoms with Gasteiger partial charge in [0.2, 0.25) is 0 Å². The van der Waals surface area contributed by atoms with Crippen molar-refractivity contribution in [2.24, 2.45) is 0 Å². The van der Waals surface area contributed by atoms with Gasteiger partial charge in [0.15, 0.2) is 0 Å². The van der Waals surface area contributed by atoms with Crippen LogP contribution in [0.25, 0.3) is 0 Å². The third-order valence-electron chi connectivity index (χ3n) is 0.354. The molecule has 0 saturated heterocycles. The van der Waals surface area contributed by atoms with Crippen molar-refractivity contribution < 1.29 is 9.90 Å². The second kappa shape index (κ2) is 3.48. The van der Waals surface area contributed by atoms with Crippen LogP contribution in [0.3, 0.4) is 0 Å². The highest BCUT2D eigenvalue weighted by Crippen LogP contribution is 2.20. The SMILES string of the molecule is O=C(O)C(Br)=C(Cl)Br. The Kier molecular flexibility index (Phi) is 3.68. The van der Waals surface area contributed by atoms with E-state index < -0.39 is 5.97 Å². The number of hydrogen-bond acceptors (Lipinski definition) is 1. The van der Waals surface area contributed by atoms with Crippen LogP contribution in [0, 0.1) is 0 Å². The molecule has 5 heteroatoms. The molecule has 0 heterocycles. The highest BCUT2D eigenvalue weighted by molar-refractivity contribution is 9.14. The molecule has 1 N–H and O–H groups in total. The fourth-order valence-electron chi connectivity index (χ4n) is 0.0808. The molecular weight excluding hydrogens is 263 g/mol. The van der Waals surface area contributed by atoms with Crippen molar-refractivity contribution in [3.63, 3.8) is 0 Å². The second-order valence-corrected chi connectivity index (χ2v) is 3.30. The summed E-state index contributed by atoms with van der Waals surface area (Å²) in [5, 5.41) is 8.13. The molecule has 0 atom stereocenters. The number of rotatable bonds is 1. The van der Waals surface area contributed by atoms with E-state index in [1.54, 1.807) is 0 Å². The topological polar surface area (TPSA) is 37.3 Å². The Morgan fingerprint density at radius 2 is 1.88 bits per heavy atom. The van der Waals surface area contributed by atoms with Crippen molar-refractivity contribution in [3.8, 4) is 0 Å². The summed E-state index contributed by atoms with van der Waals surface area (Å²) in [6.45, 7) is 0. The molecule has 0 rings (SSSR count). The van der Waals surface area contributed by atoms with Crippen molar-refractivity contribution >= 4 is 49.4 Å². The van der Waals surface area contributed by atoms with Crippen LogP contribution < -0.4 is 0 Å². The molecule has 0 aliphatic rings. The Bertz CT molecular complexity index is 138. The maximum absolute atomic E-state index is 9.92. The Morgan fingerprint density at radius 1 is 1.50 bits per heavy atom. The summed E-state index contributed by atoms with van der Waals surface area (Å²) in [6.07, 6.45) is 0. The lowest BCUT2D eigenvalue weighted by molar-refractivity contribution is -0.131. The highest BCUT2D eigenvalue weighted by atomic mass is 79.9. The number of carboxylic acids is 1. The van der Waals surface area contributed by atoms with Crippen LogP contribution >= 0.6 is 43.5 Å². The minimum atomic E-state index is -1.09. The van der Waals surface area contributed by atoms with Crippen LogP contribution in [0.4, 0.5) is 0 Å². The van der Waals surface area contributed by atoms with E-state index in [1.807, 2.05) is 0 Å². The Labute approximate surface area is 67.8 Å². The fourth-order valence-corrected chi connectivity index (χ4v) is 0.331. The Hall–Kier alpha value is 0.460. The molecule has 0 spiro atoms. The van der Waals surface area contributed by atoms with Gasteiger partial charge < -0.3 is 5.11 Å². The van der Waals surface area contributed by atoms with Gasteiger partial charge in [-0.25, -0.2) is 4.79 Å². The third kappa shape index (κ3) is 2.69. The third-order valence-corrected chi connectivity index (χ3v) is 2.44. The smallest absolute Gasteiger partial charge is 0.344 e. The first-order chi connectivity index (χ1) is 3.55. The molecule has 0 fully saturated rings. The van der Waals surface area contributed by atoms with Gasteiger partial charge in [0.25, 0.3) is 0 Å². The summed E-state index contributed by atoms with van der Waals surface area (Å²) in [5.41, 5.74) is 0. The van der Waals surface area contributed by atoms with Gasteiger partial charge in [-0.2, -0.15) is 0 Å². The molecule has 0 bridgehead atoms. The lowest BCUT2D eigenvalue weighted by atomic mass is 10.7. The number of hydrogen-bond donors (Lipinski definition) is 1. The molecule has 0 saturated carbocycles. The zero-order valence-electron chi connectivity index (χ0n) is 3.49. The summed E-state index contributed by atoms with van der Waals surface area (Å²) in [4.78, 5) is 9.92. The van der Waals surface area contributed by atoms with Gasteiger partial charge in [-0.15, -0.1) is 0 Å². The summed E-state index contributed by atoms with van der Waals surface area (Å²) in [7, 11) is 0. The minimum Gasteiger partial charge on any atom is -0.477 e. The molecule has 0 aromatic rings. The number of carbonyl (C=O) groups is 1. The molecule has 8 heavy (non-hydrogen) atoms. The molecular formula is C3HBr2ClO2. The Balaban J connectivity index is 4.23. The zero-order chi connectivity index (χ0) is 6.73. The van der Waals surface area contributed by atoms with Crippen LogP contribution in [0.2, 0.25) is 0 Å². The molecule has 0 aromatic heterocycles.